The van der Waals surface area contributed by atoms with Gasteiger partial charge in [0.15, 0.2) is 0 Å². The van der Waals surface area contributed by atoms with E-state index in [1.165, 1.54) is 7.11 Å². The number of ether oxygens (including phenoxy) is 1. The fourth-order valence-electron chi connectivity index (χ4n) is 1.57. The highest BCUT2D eigenvalue weighted by atomic mass is 35.5. The molecule has 0 saturated heterocycles. The molecule has 0 saturated carbocycles. The molecular weight excluding hydrogens is 270 g/mol. The topological polar surface area (TPSA) is 87.2 Å². The van der Waals surface area contributed by atoms with Gasteiger partial charge in [-0.15, -0.1) is 0 Å². The Morgan fingerprint density at radius 2 is 2.37 bits per heavy atom. The van der Waals surface area contributed by atoms with E-state index in [9.17, 15) is 9.90 Å². The molecule has 1 heterocycles. The number of halogens is 1. The number of aliphatic hydroxyl groups is 1. The van der Waals surface area contributed by atoms with Crippen molar-refractivity contribution in [3.63, 3.8) is 0 Å². The van der Waals surface area contributed by atoms with Gasteiger partial charge in [0, 0.05) is 28.7 Å². The van der Waals surface area contributed by atoms with Crippen molar-refractivity contribution in [1.29, 1.82) is 0 Å². The molecule has 7 heteroatoms. The highest BCUT2D eigenvalue weighted by Gasteiger charge is 2.17. The zero-order chi connectivity index (χ0) is 13.8. The number of H-pyrrole nitrogens is 1. The number of carbonyl (C=O) groups excluding carboxylic acids is 1. The summed E-state index contributed by atoms with van der Waals surface area (Å²) in [5, 5.41) is 12.7. The Balaban J connectivity index is 2.33. The molecule has 6 nitrogen and oxygen atoms in total. The van der Waals surface area contributed by atoms with Gasteiger partial charge >= 0.3 is 5.97 Å². The number of hydrogen-bond donors (Lipinski definition) is 3. The molecule has 0 fully saturated rings. The van der Waals surface area contributed by atoms with Gasteiger partial charge in [0.1, 0.15) is 5.82 Å². The van der Waals surface area contributed by atoms with Crippen LogP contribution in [-0.2, 0) is 9.53 Å². The molecule has 19 heavy (non-hydrogen) atoms. The second kappa shape index (κ2) is 5.73. The van der Waals surface area contributed by atoms with Gasteiger partial charge in [0.05, 0.1) is 7.11 Å². The van der Waals surface area contributed by atoms with Crippen LogP contribution in [0.4, 0.5) is 5.69 Å². The Bertz CT molecular complexity index is 572. The molecule has 3 N–H and O–H groups in total. The quantitative estimate of drug-likeness (QED) is 0.586. The highest BCUT2D eigenvalue weighted by Crippen LogP contribution is 2.28. The molecule has 0 bridgehead atoms. The van der Waals surface area contributed by atoms with Gasteiger partial charge in [0.2, 0.25) is 6.23 Å². The van der Waals surface area contributed by atoms with Crippen molar-refractivity contribution < 1.29 is 14.6 Å². The third-order valence-electron chi connectivity index (χ3n) is 2.45. The first-order valence-corrected chi connectivity index (χ1v) is 5.81. The summed E-state index contributed by atoms with van der Waals surface area (Å²) in [6, 6.07) is 5.01. The molecule has 2 aromatic rings. The van der Waals surface area contributed by atoms with Crippen molar-refractivity contribution in [2.24, 2.45) is 0 Å². The number of carbonyl (C=O) groups is 1. The number of nitrogens with one attached hydrogen (secondary N) is 2. The molecule has 1 aromatic carbocycles. The number of esters is 1. The summed E-state index contributed by atoms with van der Waals surface area (Å²) in [5.41, 5.74) is 1.15. The maximum absolute atomic E-state index is 11.2. The lowest BCUT2D eigenvalue weighted by Gasteiger charge is -2.15. The largest absolute Gasteiger partial charge is 0.466 e. The zero-order valence-electron chi connectivity index (χ0n) is 10.1. The van der Waals surface area contributed by atoms with Crippen LogP contribution in [0.1, 0.15) is 0 Å². The van der Waals surface area contributed by atoms with Gasteiger partial charge in [-0.1, -0.05) is 11.6 Å². The summed E-state index contributed by atoms with van der Waals surface area (Å²) >= 11 is 5.91. The molecule has 0 radical (unpaired) electrons. The van der Waals surface area contributed by atoms with Crippen molar-refractivity contribution in [3.8, 4) is 11.4 Å². The molecule has 100 valence electrons. The number of benzene rings is 1. The standard InChI is InChI=1S/C12H12ClN3O3/c1-19-12(18)11(17)16-9-6-7(13)2-3-8(9)10-14-4-5-15-10/h2-6,11,16-17H,1H3,(H,14,15). The normalized spacial score (nSPS) is 11.9. The highest BCUT2D eigenvalue weighted by molar-refractivity contribution is 6.31. The molecule has 1 atom stereocenters. The van der Waals surface area contributed by atoms with E-state index < -0.39 is 12.2 Å². The van der Waals surface area contributed by atoms with E-state index in [1.54, 1.807) is 30.6 Å². The fourth-order valence-corrected chi connectivity index (χ4v) is 1.74. The Hall–Kier alpha value is -2.05. The van der Waals surface area contributed by atoms with Crippen LogP contribution in [0.5, 0.6) is 0 Å². The number of aromatic nitrogens is 2. The number of aliphatic hydroxyl groups excluding tert-OH is 1. The Kier molecular flexibility index (Phi) is 4.03. The van der Waals surface area contributed by atoms with E-state index in [2.05, 4.69) is 20.0 Å². The minimum atomic E-state index is -1.47. The average Bonchev–Trinajstić information content (AvgIpc) is 2.91. The number of rotatable bonds is 4. The Morgan fingerprint density at radius 1 is 1.58 bits per heavy atom. The molecule has 0 aliphatic carbocycles. The maximum atomic E-state index is 11.2. The van der Waals surface area contributed by atoms with Crippen LogP contribution < -0.4 is 5.32 Å². The summed E-state index contributed by atoms with van der Waals surface area (Å²) in [7, 11) is 1.19. The summed E-state index contributed by atoms with van der Waals surface area (Å²) in [5.74, 6) is -0.193. The number of methoxy groups -OCH3 is 1. The van der Waals surface area contributed by atoms with E-state index in [0.29, 0.717) is 22.1 Å². The van der Waals surface area contributed by atoms with E-state index in [0.717, 1.165) is 0 Å². The maximum Gasteiger partial charge on any atom is 0.355 e. The number of anilines is 1. The van der Waals surface area contributed by atoms with Crippen LogP contribution in [0.25, 0.3) is 11.4 Å². The number of nitrogens with zero attached hydrogens (tertiary/aromatic N) is 1. The van der Waals surface area contributed by atoms with Crippen LogP contribution in [0.15, 0.2) is 30.6 Å². The Morgan fingerprint density at radius 3 is 3.00 bits per heavy atom. The number of hydrogen-bond acceptors (Lipinski definition) is 5. The average molecular weight is 282 g/mol. The monoisotopic (exact) mass is 281 g/mol. The summed E-state index contributed by atoms with van der Waals surface area (Å²) in [4.78, 5) is 18.3. The molecule has 0 aliphatic rings. The molecule has 2 rings (SSSR count). The summed E-state index contributed by atoms with van der Waals surface area (Å²) in [6.07, 6.45) is 1.80. The second-order valence-electron chi connectivity index (χ2n) is 3.70. The van der Waals surface area contributed by atoms with E-state index in [-0.39, 0.29) is 0 Å². The first-order chi connectivity index (χ1) is 9.11. The van der Waals surface area contributed by atoms with Crippen molar-refractivity contribution in [2.75, 3.05) is 12.4 Å². The lowest BCUT2D eigenvalue weighted by atomic mass is 10.1. The predicted octanol–water partition coefficient (Wildman–Crippen LogP) is 1.63. The van der Waals surface area contributed by atoms with Crippen LogP contribution in [0.3, 0.4) is 0 Å². The number of imidazole rings is 1. The first-order valence-electron chi connectivity index (χ1n) is 5.43. The first kappa shape index (κ1) is 13.4. The minimum absolute atomic E-state index is 0.467. The molecular formula is C12H12ClN3O3. The van der Waals surface area contributed by atoms with Gasteiger partial charge in [-0.05, 0) is 18.2 Å². The van der Waals surface area contributed by atoms with Crippen molar-refractivity contribution in [1.82, 2.24) is 9.97 Å². The van der Waals surface area contributed by atoms with Crippen molar-refractivity contribution in [2.45, 2.75) is 6.23 Å². The van der Waals surface area contributed by atoms with E-state index in [1.807, 2.05) is 0 Å². The van der Waals surface area contributed by atoms with Crippen LogP contribution in [-0.4, -0.2) is 34.4 Å². The van der Waals surface area contributed by atoms with Gasteiger partial charge < -0.3 is 20.1 Å². The van der Waals surface area contributed by atoms with Crippen LogP contribution >= 0.6 is 11.6 Å². The molecule has 1 unspecified atom stereocenters. The SMILES string of the molecule is COC(=O)C(O)Nc1cc(Cl)ccc1-c1ncc[nH]1. The lowest BCUT2D eigenvalue weighted by molar-refractivity contribution is -0.148. The van der Waals surface area contributed by atoms with Gasteiger partial charge in [-0.25, -0.2) is 9.78 Å². The zero-order valence-corrected chi connectivity index (χ0v) is 10.8. The van der Waals surface area contributed by atoms with Crippen molar-refractivity contribution >= 4 is 23.3 Å². The smallest absolute Gasteiger partial charge is 0.355 e. The second-order valence-corrected chi connectivity index (χ2v) is 4.13. The van der Waals surface area contributed by atoms with Crippen molar-refractivity contribution in [3.05, 3.63) is 35.6 Å². The van der Waals surface area contributed by atoms with Gasteiger partial charge in [-0.3, -0.25) is 0 Å². The third kappa shape index (κ3) is 3.04. The number of aromatic amines is 1. The molecule has 0 aliphatic heterocycles. The molecule has 1 aromatic heterocycles. The summed E-state index contributed by atoms with van der Waals surface area (Å²) in [6.45, 7) is 0. The summed E-state index contributed by atoms with van der Waals surface area (Å²) < 4.78 is 4.44. The molecule has 0 amide bonds. The van der Waals surface area contributed by atoms with Crippen LogP contribution in [0.2, 0.25) is 5.02 Å². The fraction of sp³-hybridized carbons (Fsp3) is 0.167. The Labute approximate surface area is 114 Å². The molecule has 0 spiro atoms. The predicted molar refractivity (Wildman–Crippen MR) is 70.7 cm³/mol. The lowest BCUT2D eigenvalue weighted by Crippen LogP contribution is -2.30. The van der Waals surface area contributed by atoms with E-state index >= 15 is 0 Å². The third-order valence-corrected chi connectivity index (χ3v) is 2.69. The van der Waals surface area contributed by atoms with E-state index in [4.69, 9.17) is 11.6 Å². The van der Waals surface area contributed by atoms with Gasteiger partial charge in [-0.2, -0.15) is 0 Å². The van der Waals surface area contributed by atoms with Crippen LogP contribution in [0, 0.1) is 0 Å². The van der Waals surface area contributed by atoms with Gasteiger partial charge in [0.25, 0.3) is 0 Å². The minimum Gasteiger partial charge on any atom is -0.466 e.